The van der Waals surface area contributed by atoms with Gasteiger partial charge in [0.2, 0.25) is 0 Å². The van der Waals surface area contributed by atoms with Crippen molar-refractivity contribution in [2.75, 3.05) is 12.8 Å². The molecule has 0 aliphatic heterocycles. The Kier molecular flexibility index (Phi) is 4.25. The summed E-state index contributed by atoms with van der Waals surface area (Å²) in [6.45, 7) is 0. The van der Waals surface area contributed by atoms with Gasteiger partial charge in [-0.05, 0) is 24.3 Å². The van der Waals surface area contributed by atoms with Crippen molar-refractivity contribution in [2.45, 2.75) is 6.18 Å². The summed E-state index contributed by atoms with van der Waals surface area (Å²) in [4.78, 5) is 11.4. The Morgan fingerprint density at radius 1 is 1.14 bits per heavy atom. The van der Waals surface area contributed by atoms with Crippen molar-refractivity contribution in [3.8, 4) is 11.5 Å². The highest BCUT2D eigenvalue weighted by Crippen LogP contribution is 2.42. The number of ether oxygens (including phenoxy) is 2. The minimum Gasteiger partial charge on any atom is -0.465 e. The average Bonchev–Trinajstić information content (AvgIpc) is 2.48. The van der Waals surface area contributed by atoms with E-state index in [0.29, 0.717) is 6.07 Å². The predicted molar refractivity (Wildman–Crippen MR) is 73.7 cm³/mol. The van der Waals surface area contributed by atoms with Gasteiger partial charge < -0.3 is 15.2 Å². The van der Waals surface area contributed by atoms with Crippen molar-refractivity contribution in [2.24, 2.45) is 0 Å². The first kappa shape index (κ1) is 15.7. The van der Waals surface area contributed by atoms with Crippen LogP contribution in [0.1, 0.15) is 15.9 Å². The third-order valence-electron chi connectivity index (χ3n) is 2.81. The van der Waals surface area contributed by atoms with Gasteiger partial charge in [0, 0.05) is 0 Å². The number of esters is 1. The second-order valence-electron chi connectivity index (χ2n) is 4.35. The van der Waals surface area contributed by atoms with Crippen LogP contribution < -0.4 is 10.5 Å². The van der Waals surface area contributed by atoms with E-state index in [1.54, 1.807) is 18.2 Å². The molecule has 0 saturated heterocycles. The molecule has 2 N–H and O–H groups in total. The smallest absolute Gasteiger partial charge is 0.420 e. The number of anilines is 1. The minimum absolute atomic E-state index is 0.200. The number of benzene rings is 2. The van der Waals surface area contributed by atoms with Crippen LogP contribution in [0.15, 0.2) is 42.5 Å². The molecule has 0 radical (unpaired) electrons. The molecule has 0 saturated carbocycles. The molecule has 2 rings (SSSR count). The first-order valence-electron chi connectivity index (χ1n) is 6.15. The van der Waals surface area contributed by atoms with Crippen LogP contribution in [-0.2, 0) is 10.9 Å². The first-order chi connectivity index (χ1) is 10.3. The number of hydrogen-bond acceptors (Lipinski definition) is 4. The zero-order chi connectivity index (χ0) is 16.3. The van der Waals surface area contributed by atoms with Crippen LogP contribution in [0.25, 0.3) is 0 Å². The Bertz CT molecular complexity index is 684. The standard InChI is InChI=1S/C15H12F3NO3/c1-21-14(20)9-7-11(15(16,17)18)13(12(19)8-9)22-10-5-3-2-4-6-10/h2-8H,19H2,1H3. The zero-order valence-corrected chi connectivity index (χ0v) is 11.5. The van der Waals surface area contributed by atoms with Crippen molar-refractivity contribution in [3.63, 3.8) is 0 Å². The highest BCUT2D eigenvalue weighted by Gasteiger charge is 2.37. The zero-order valence-electron chi connectivity index (χ0n) is 11.5. The van der Waals surface area contributed by atoms with Gasteiger partial charge in [0.15, 0.2) is 5.75 Å². The van der Waals surface area contributed by atoms with Gasteiger partial charge in [-0.25, -0.2) is 4.79 Å². The van der Waals surface area contributed by atoms with Gasteiger partial charge in [-0.15, -0.1) is 0 Å². The molecule has 0 heterocycles. The van der Waals surface area contributed by atoms with Crippen LogP contribution in [0, 0.1) is 0 Å². The Morgan fingerprint density at radius 2 is 1.77 bits per heavy atom. The average molecular weight is 311 g/mol. The fourth-order valence-corrected chi connectivity index (χ4v) is 1.82. The molecule has 0 aromatic heterocycles. The lowest BCUT2D eigenvalue weighted by atomic mass is 10.1. The van der Waals surface area contributed by atoms with E-state index in [1.165, 1.54) is 12.1 Å². The second kappa shape index (κ2) is 5.97. The van der Waals surface area contributed by atoms with Crippen LogP contribution in [0.3, 0.4) is 0 Å². The van der Waals surface area contributed by atoms with Crippen molar-refractivity contribution in [1.29, 1.82) is 0 Å². The van der Waals surface area contributed by atoms with Crippen molar-refractivity contribution in [3.05, 3.63) is 53.6 Å². The summed E-state index contributed by atoms with van der Waals surface area (Å²) in [6.07, 6.45) is -4.73. The quantitative estimate of drug-likeness (QED) is 0.690. The number of alkyl halides is 3. The van der Waals surface area contributed by atoms with Crippen LogP contribution in [-0.4, -0.2) is 13.1 Å². The summed E-state index contributed by atoms with van der Waals surface area (Å²) in [7, 11) is 1.07. The second-order valence-corrected chi connectivity index (χ2v) is 4.35. The summed E-state index contributed by atoms with van der Waals surface area (Å²) in [5, 5.41) is 0. The molecule has 2 aromatic carbocycles. The molecule has 0 aliphatic carbocycles. The Balaban J connectivity index is 2.55. The van der Waals surface area contributed by atoms with E-state index in [-0.39, 0.29) is 17.0 Å². The third-order valence-corrected chi connectivity index (χ3v) is 2.81. The Morgan fingerprint density at radius 3 is 2.32 bits per heavy atom. The molecule has 0 fully saturated rings. The maximum absolute atomic E-state index is 13.2. The normalized spacial score (nSPS) is 11.1. The Hall–Kier alpha value is -2.70. The van der Waals surface area contributed by atoms with E-state index in [0.717, 1.165) is 13.2 Å². The maximum Gasteiger partial charge on any atom is 0.420 e. The molecular formula is C15H12F3NO3. The molecule has 4 nitrogen and oxygen atoms in total. The summed E-state index contributed by atoms with van der Waals surface area (Å²) >= 11 is 0. The van der Waals surface area contributed by atoms with E-state index in [9.17, 15) is 18.0 Å². The summed E-state index contributed by atoms with van der Waals surface area (Å²) < 4.78 is 49.2. The molecule has 0 atom stereocenters. The van der Waals surface area contributed by atoms with Gasteiger partial charge in [0.1, 0.15) is 11.3 Å². The predicted octanol–water partition coefficient (Wildman–Crippen LogP) is 3.87. The number of para-hydroxylation sites is 1. The number of rotatable bonds is 3. The molecule has 0 aliphatic rings. The molecule has 0 amide bonds. The SMILES string of the molecule is COC(=O)c1cc(N)c(Oc2ccccc2)c(C(F)(F)F)c1. The maximum atomic E-state index is 13.2. The summed E-state index contributed by atoms with van der Waals surface area (Å²) in [5.41, 5.74) is 3.88. The molecule has 0 bridgehead atoms. The van der Waals surface area contributed by atoms with Crippen LogP contribution in [0.4, 0.5) is 18.9 Å². The monoisotopic (exact) mass is 311 g/mol. The highest BCUT2D eigenvalue weighted by atomic mass is 19.4. The number of carbonyl (C=O) groups is 1. The largest absolute Gasteiger partial charge is 0.465 e. The molecule has 22 heavy (non-hydrogen) atoms. The Labute approximate surface area is 124 Å². The molecule has 0 spiro atoms. The van der Waals surface area contributed by atoms with Gasteiger partial charge in [-0.1, -0.05) is 18.2 Å². The van der Waals surface area contributed by atoms with Crippen molar-refractivity contribution >= 4 is 11.7 Å². The van der Waals surface area contributed by atoms with Gasteiger partial charge in [0.05, 0.1) is 18.4 Å². The molecular weight excluding hydrogens is 299 g/mol. The van der Waals surface area contributed by atoms with Gasteiger partial charge >= 0.3 is 12.1 Å². The number of nitrogens with two attached hydrogens (primary N) is 1. The number of methoxy groups -OCH3 is 1. The van der Waals surface area contributed by atoms with Crippen LogP contribution >= 0.6 is 0 Å². The molecule has 2 aromatic rings. The minimum atomic E-state index is -4.73. The molecule has 7 heteroatoms. The van der Waals surface area contributed by atoms with E-state index in [4.69, 9.17) is 10.5 Å². The lowest BCUT2D eigenvalue weighted by Gasteiger charge is -2.17. The van der Waals surface area contributed by atoms with Gasteiger partial charge in [-0.3, -0.25) is 0 Å². The van der Waals surface area contributed by atoms with E-state index in [2.05, 4.69) is 4.74 Å². The number of halogens is 3. The van der Waals surface area contributed by atoms with E-state index < -0.39 is 23.5 Å². The molecule has 116 valence electrons. The lowest BCUT2D eigenvalue weighted by molar-refractivity contribution is -0.138. The number of nitrogen functional groups attached to an aromatic ring is 1. The summed E-state index contributed by atoms with van der Waals surface area (Å²) in [6, 6.07) is 9.64. The topological polar surface area (TPSA) is 61.5 Å². The first-order valence-corrected chi connectivity index (χ1v) is 6.15. The fraction of sp³-hybridized carbons (Fsp3) is 0.133. The van der Waals surface area contributed by atoms with Gasteiger partial charge in [-0.2, -0.15) is 13.2 Å². The molecule has 0 unspecified atom stereocenters. The number of carbonyl (C=O) groups excluding carboxylic acids is 1. The third kappa shape index (κ3) is 3.30. The van der Waals surface area contributed by atoms with Crippen LogP contribution in [0.5, 0.6) is 11.5 Å². The lowest BCUT2D eigenvalue weighted by Crippen LogP contribution is -2.12. The van der Waals surface area contributed by atoms with Crippen LogP contribution in [0.2, 0.25) is 0 Å². The van der Waals surface area contributed by atoms with Gasteiger partial charge in [0.25, 0.3) is 0 Å². The van der Waals surface area contributed by atoms with E-state index in [1.807, 2.05) is 0 Å². The summed E-state index contributed by atoms with van der Waals surface area (Å²) in [5.74, 6) is -1.26. The van der Waals surface area contributed by atoms with Crippen molar-refractivity contribution in [1.82, 2.24) is 0 Å². The van der Waals surface area contributed by atoms with Crippen molar-refractivity contribution < 1.29 is 27.4 Å². The highest BCUT2D eigenvalue weighted by molar-refractivity contribution is 5.91. The fourth-order valence-electron chi connectivity index (χ4n) is 1.82. The van der Waals surface area contributed by atoms with E-state index >= 15 is 0 Å². The number of hydrogen-bond donors (Lipinski definition) is 1.